The molecule has 0 aliphatic rings. The minimum atomic E-state index is -0.565. The fourth-order valence-corrected chi connectivity index (χ4v) is 1.26. The van der Waals surface area contributed by atoms with E-state index >= 15 is 0 Å². The van der Waals surface area contributed by atoms with Gasteiger partial charge in [0.05, 0.1) is 19.5 Å². The molecule has 1 heterocycles. The van der Waals surface area contributed by atoms with Crippen molar-refractivity contribution in [2.45, 2.75) is 0 Å². The van der Waals surface area contributed by atoms with Gasteiger partial charge in [0.25, 0.3) is 0 Å². The minimum Gasteiger partial charge on any atom is -0.464 e. The average Bonchev–Trinajstić information content (AvgIpc) is 2.41. The van der Waals surface area contributed by atoms with Gasteiger partial charge >= 0.3 is 5.97 Å². The summed E-state index contributed by atoms with van der Waals surface area (Å²) in [6.45, 7) is 0. The molecule has 2 N–H and O–H groups in total. The van der Waals surface area contributed by atoms with E-state index in [1.807, 2.05) is 0 Å². The minimum absolute atomic E-state index is 0.0884. The Hall–Kier alpha value is -2.63. The van der Waals surface area contributed by atoms with E-state index in [1.165, 1.54) is 19.5 Å². The first kappa shape index (κ1) is 11.8. The van der Waals surface area contributed by atoms with Gasteiger partial charge < -0.3 is 15.2 Å². The summed E-state index contributed by atoms with van der Waals surface area (Å²) in [5.41, 5.74) is 6.28. The van der Waals surface area contributed by atoms with Crippen LogP contribution in [0.5, 0.6) is 11.6 Å². The van der Waals surface area contributed by atoms with Crippen molar-refractivity contribution in [2.24, 2.45) is 0 Å². The van der Waals surface area contributed by atoms with Gasteiger partial charge in [0.15, 0.2) is 5.69 Å². The van der Waals surface area contributed by atoms with E-state index in [1.54, 1.807) is 24.3 Å². The molecule has 6 heteroatoms. The van der Waals surface area contributed by atoms with Crippen molar-refractivity contribution in [2.75, 3.05) is 12.8 Å². The van der Waals surface area contributed by atoms with Crippen LogP contribution in [0.4, 0.5) is 5.69 Å². The molecule has 2 rings (SSSR count). The highest BCUT2D eigenvalue weighted by Crippen LogP contribution is 2.19. The van der Waals surface area contributed by atoms with Gasteiger partial charge in [-0.05, 0) is 24.3 Å². The Morgan fingerprint density at radius 1 is 1.22 bits per heavy atom. The largest absolute Gasteiger partial charge is 0.464 e. The lowest BCUT2D eigenvalue weighted by molar-refractivity contribution is 0.0592. The average molecular weight is 245 g/mol. The molecule has 0 aliphatic heterocycles. The van der Waals surface area contributed by atoms with Crippen molar-refractivity contribution in [1.29, 1.82) is 0 Å². The monoisotopic (exact) mass is 245 g/mol. The standard InChI is InChI=1S/C12H11N3O3/c1-17-12(16)10-6-14-7-11(15-10)18-9-4-2-8(13)3-5-9/h2-7H,13H2,1H3. The molecule has 6 nitrogen and oxygen atoms in total. The molecular formula is C12H11N3O3. The normalized spacial score (nSPS) is 9.83. The van der Waals surface area contributed by atoms with E-state index in [2.05, 4.69) is 14.7 Å². The van der Waals surface area contributed by atoms with Crippen LogP contribution in [0.3, 0.4) is 0 Å². The first-order chi connectivity index (χ1) is 8.69. The lowest BCUT2D eigenvalue weighted by Crippen LogP contribution is -2.05. The van der Waals surface area contributed by atoms with Crippen LogP contribution in [0.1, 0.15) is 10.5 Å². The van der Waals surface area contributed by atoms with Gasteiger partial charge in [-0.3, -0.25) is 4.98 Å². The van der Waals surface area contributed by atoms with Crippen LogP contribution in [0.2, 0.25) is 0 Å². The molecule has 0 bridgehead atoms. The number of esters is 1. The highest BCUT2D eigenvalue weighted by molar-refractivity contribution is 5.86. The van der Waals surface area contributed by atoms with E-state index in [9.17, 15) is 4.79 Å². The number of methoxy groups -OCH3 is 1. The fourth-order valence-electron chi connectivity index (χ4n) is 1.26. The maximum Gasteiger partial charge on any atom is 0.358 e. The van der Waals surface area contributed by atoms with E-state index < -0.39 is 5.97 Å². The molecule has 0 aliphatic carbocycles. The van der Waals surface area contributed by atoms with Gasteiger partial charge in [-0.25, -0.2) is 9.78 Å². The molecule has 0 fully saturated rings. The number of benzene rings is 1. The van der Waals surface area contributed by atoms with Gasteiger partial charge in [0.2, 0.25) is 5.88 Å². The highest BCUT2D eigenvalue weighted by atomic mass is 16.5. The van der Waals surface area contributed by atoms with Crippen LogP contribution in [-0.2, 0) is 4.74 Å². The van der Waals surface area contributed by atoms with Crippen LogP contribution in [-0.4, -0.2) is 23.0 Å². The molecule has 18 heavy (non-hydrogen) atoms. The Bertz CT molecular complexity index is 555. The predicted molar refractivity (Wildman–Crippen MR) is 64.3 cm³/mol. The molecule has 2 aromatic rings. The third-order valence-corrected chi connectivity index (χ3v) is 2.11. The molecule has 0 radical (unpaired) electrons. The summed E-state index contributed by atoms with van der Waals surface area (Å²) in [7, 11) is 1.28. The quantitative estimate of drug-likeness (QED) is 0.653. The van der Waals surface area contributed by atoms with Crippen LogP contribution in [0.25, 0.3) is 0 Å². The Morgan fingerprint density at radius 2 is 1.94 bits per heavy atom. The molecule has 0 unspecified atom stereocenters. The smallest absolute Gasteiger partial charge is 0.358 e. The van der Waals surface area contributed by atoms with E-state index in [0.717, 1.165) is 0 Å². The number of aromatic nitrogens is 2. The van der Waals surface area contributed by atoms with Crippen LogP contribution < -0.4 is 10.5 Å². The molecule has 0 amide bonds. The number of rotatable bonds is 3. The first-order valence-electron chi connectivity index (χ1n) is 5.13. The van der Waals surface area contributed by atoms with Crippen molar-refractivity contribution in [1.82, 2.24) is 9.97 Å². The number of nitrogen functional groups attached to an aromatic ring is 1. The third-order valence-electron chi connectivity index (χ3n) is 2.11. The number of carbonyl (C=O) groups is 1. The molecule has 0 spiro atoms. The van der Waals surface area contributed by atoms with Gasteiger partial charge in [-0.15, -0.1) is 0 Å². The molecule has 1 aromatic carbocycles. The number of carbonyl (C=O) groups excluding carboxylic acids is 1. The Balaban J connectivity index is 2.19. The fraction of sp³-hybridized carbons (Fsp3) is 0.0833. The SMILES string of the molecule is COC(=O)c1cncc(Oc2ccc(N)cc2)n1. The van der Waals surface area contributed by atoms with E-state index in [4.69, 9.17) is 10.5 Å². The third kappa shape index (κ3) is 2.73. The van der Waals surface area contributed by atoms with Crippen molar-refractivity contribution in [3.63, 3.8) is 0 Å². The van der Waals surface area contributed by atoms with Gasteiger partial charge in [-0.1, -0.05) is 0 Å². The van der Waals surface area contributed by atoms with Crippen LogP contribution in [0, 0.1) is 0 Å². The summed E-state index contributed by atoms with van der Waals surface area (Å²) >= 11 is 0. The van der Waals surface area contributed by atoms with Crippen molar-refractivity contribution < 1.29 is 14.3 Å². The van der Waals surface area contributed by atoms with Crippen molar-refractivity contribution in [3.8, 4) is 11.6 Å². The number of hydrogen-bond donors (Lipinski definition) is 1. The number of anilines is 1. The predicted octanol–water partition coefficient (Wildman–Crippen LogP) is 1.64. The summed E-state index contributed by atoms with van der Waals surface area (Å²) in [5.74, 6) is 0.202. The molecule has 92 valence electrons. The second kappa shape index (κ2) is 5.13. The highest BCUT2D eigenvalue weighted by Gasteiger charge is 2.09. The number of ether oxygens (including phenoxy) is 2. The lowest BCUT2D eigenvalue weighted by Gasteiger charge is -2.05. The second-order valence-corrected chi connectivity index (χ2v) is 3.41. The molecule has 0 saturated carbocycles. The lowest BCUT2D eigenvalue weighted by atomic mass is 10.3. The number of hydrogen-bond acceptors (Lipinski definition) is 6. The molecule has 1 aromatic heterocycles. The zero-order valence-electron chi connectivity index (χ0n) is 9.66. The number of nitrogens with two attached hydrogens (primary N) is 1. The summed E-state index contributed by atoms with van der Waals surface area (Å²) in [6, 6.07) is 6.80. The maximum atomic E-state index is 11.3. The summed E-state index contributed by atoms with van der Waals surface area (Å²) < 4.78 is 9.98. The van der Waals surface area contributed by atoms with Crippen LogP contribution >= 0.6 is 0 Å². The summed E-state index contributed by atoms with van der Waals surface area (Å²) in [5, 5.41) is 0. The topological polar surface area (TPSA) is 87.3 Å². The Morgan fingerprint density at radius 3 is 2.61 bits per heavy atom. The van der Waals surface area contributed by atoms with Gasteiger partial charge in [0.1, 0.15) is 5.75 Å². The van der Waals surface area contributed by atoms with E-state index in [-0.39, 0.29) is 11.6 Å². The summed E-state index contributed by atoms with van der Waals surface area (Å²) in [4.78, 5) is 19.1. The zero-order chi connectivity index (χ0) is 13.0. The van der Waals surface area contributed by atoms with E-state index in [0.29, 0.717) is 11.4 Å². The molecule has 0 atom stereocenters. The van der Waals surface area contributed by atoms with Crippen LogP contribution in [0.15, 0.2) is 36.7 Å². The van der Waals surface area contributed by atoms with Crippen molar-refractivity contribution >= 4 is 11.7 Å². The molecule has 0 saturated heterocycles. The Labute approximate surface area is 103 Å². The molecular weight excluding hydrogens is 234 g/mol. The first-order valence-corrected chi connectivity index (χ1v) is 5.13. The van der Waals surface area contributed by atoms with Gasteiger partial charge in [0, 0.05) is 5.69 Å². The number of nitrogens with zero attached hydrogens (tertiary/aromatic N) is 2. The zero-order valence-corrected chi connectivity index (χ0v) is 9.66. The maximum absolute atomic E-state index is 11.3. The van der Waals surface area contributed by atoms with Crippen molar-refractivity contribution in [3.05, 3.63) is 42.4 Å². The summed E-state index contributed by atoms with van der Waals surface area (Å²) in [6.07, 6.45) is 2.71. The second-order valence-electron chi connectivity index (χ2n) is 3.41. The van der Waals surface area contributed by atoms with Gasteiger partial charge in [-0.2, -0.15) is 0 Å². The Kier molecular flexibility index (Phi) is 3.38.